The Balaban J connectivity index is 0.00000400. The highest BCUT2D eigenvalue weighted by Gasteiger charge is 2.06. The number of ether oxygens (including phenoxy) is 2. The van der Waals surface area contributed by atoms with Crippen molar-refractivity contribution in [3.05, 3.63) is 29.3 Å². The second kappa shape index (κ2) is 11.6. The summed E-state index contributed by atoms with van der Waals surface area (Å²) in [6.45, 7) is 3.86. The van der Waals surface area contributed by atoms with Crippen LogP contribution < -0.4 is 15.4 Å². The minimum absolute atomic E-state index is 0. The quantitative estimate of drug-likeness (QED) is 0.676. The van der Waals surface area contributed by atoms with Crippen molar-refractivity contribution in [1.82, 2.24) is 10.6 Å². The number of hydrogen-bond donors (Lipinski definition) is 2. The van der Waals surface area contributed by atoms with Gasteiger partial charge >= 0.3 is 0 Å². The Morgan fingerprint density at radius 3 is 2.62 bits per heavy atom. The third kappa shape index (κ3) is 9.52. The number of nitrogens with one attached hydrogen (secondary N) is 2. The van der Waals surface area contributed by atoms with Crippen molar-refractivity contribution in [3.8, 4) is 5.75 Å². The molecule has 0 radical (unpaired) electrons. The third-order valence-electron chi connectivity index (χ3n) is 2.51. The molecule has 7 heteroatoms. The van der Waals surface area contributed by atoms with Crippen molar-refractivity contribution in [3.63, 3.8) is 0 Å². The molecule has 1 atom stereocenters. The van der Waals surface area contributed by atoms with E-state index in [2.05, 4.69) is 10.6 Å². The second-order valence-electron chi connectivity index (χ2n) is 4.36. The molecule has 1 rings (SSSR count). The van der Waals surface area contributed by atoms with E-state index in [-0.39, 0.29) is 31.0 Å². The molecule has 0 bridgehead atoms. The summed E-state index contributed by atoms with van der Waals surface area (Å²) in [7, 11) is 1.62. The van der Waals surface area contributed by atoms with Gasteiger partial charge in [-0.25, -0.2) is 0 Å². The monoisotopic (exact) mass is 336 g/mol. The first kappa shape index (κ1) is 20.0. The molecule has 1 unspecified atom stereocenters. The van der Waals surface area contributed by atoms with E-state index in [1.807, 2.05) is 6.92 Å². The Kier molecular flexibility index (Phi) is 11.1. The Labute approximate surface area is 136 Å². The fourth-order valence-corrected chi connectivity index (χ4v) is 1.61. The summed E-state index contributed by atoms with van der Waals surface area (Å²) in [6, 6.07) is 7.13. The summed E-state index contributed by atoms with van der Waals surface area (Å²) in [4.78, 5) is 11.5. The molecule has 0 aliphatic rings. The summed E-state index contributed by atoms with van der Waals surface area (Å²) in [5.41, 5.74) is 0. The average Bonchev–Trinajstić information content (AvgIpc) is 2.44. The summed E-state index contributed by atoms with van der Waals surface area (Å²) in [6.07, 6.45) is -0.112. The lowest BCUT2D eigenvalue weighted by molar-refractivity contribution is -0.120. The van der Waals surface area contributed by atoms with E-state index in [0.29, 0.717) is 24.7 Å². The SMILES string of the molecule is COCCNCC(=O)NCC(C)Oc1ccc(Cl)cc1.Cl. The van der Waals surface area contributed by atoms with E-state index in [1.54, 1.807) is 31.4 Å². The van der Waals surface area contributed by atoms with Gasteiger partial charge in [-0.3, -0.25) is 4.79 Å². The standard InChI is InChI=1S/C14H21ClN2O3.ClH/c1-11(20-13-5-3-12(15)4-6-13)9-17-14(18)10-16-7-8-19-2;/h3-6,11,16H,7-10H2,1-2H3,(H,17,18);1H. The van der Waals surface area contributed by atoms with Gasteiger partial charge in [-0.15, -0.1) is 12.4 Å². The molecule has 5 nitrogen and oxygen atoms in total. The maximum absolute atomic E-state index is 11.5. The van der Waals surface area contributed by atoms with Crippen molar-refractivity contribution in [1.29, 1.82) is 0 Å². The van der Waals surface area contributed by atoms with E-state index < -0.39 is 0 Å². The van der Waals surface area contributed by atoms with Gasteiger partial charge in [-0.05, 0) is 31.2 Å². The van der Waals surface area contributed by atoms with Crippen LogP contribution >= 0.6 is 24.0 Å². The molecular weight excluding hydrogens is 315 g/mol. The van der Waals surface area contributed by atoms with Gasteiger partial charge in [0.1, 0.15) is 11.9 Å². The number of rotatable bonds is 9. The molecule has 0 spiro atoms. The fourth-order valence-electron chi connectivity index (χ4n) is 1.48. The van der Waals surface area contributed by atoms with Crippen LogP contribution in [-0.2, 0) is 9.53 Å². The van der Waals surface area contributed by atoms with Gasteiger partial charge in [0, 0.05) is 18.7 Å². The predicted octanol–water partition coefficient (Wildman–Crippen LogP) is 1.88. The van der Waals surface area contributed by atoms with Crippen molar-refractivity contribution in [2.75, 3.05) is 33.4 Å². The van der Waals surface area contributed by atoms with Crippen molar-refractivity contribution >= 4 is 29.9 Å². The Bertz CT molecular complexity index is 402. The molecule has 2 N–H and O–H groups in total. The number of methoxy groups -OCH3 is 1. The van der Waals surface area contributed by atoms with Crippen molar-refractivity contribution in [2.45, 2.75) is 13.0 Å². The highest BCUT2D eigenvalue weighted by atomic mass is 35.5. The summed E-state index contributed by atoms with van der Waals surface area (Å²) >= 11 is 5.79. The van der Waals surface area contributed by atoms with E-state index in [4.69, 9.17) is 21.1 Å². The molecule has 0 aromatic heterocycles. The fraction of sp³-hybridized carbons (Fsp3) is 0.500. The second-order valence-corrected chi connectivity index (χ2v) is 4.79. The van der Waals surface area contributed by atoms with Crippen molar-refractivity contribution < 1.29 is 14.3 Å². The molecule has 120 valence electrons. The maximum atomic E-state index is 11.5. The molecule has 0 aliphatic heterocycles. The van der Waals surface area contributed by atoms with Crippen LogP contribution in [0.25, 0.3) is 0 Å². The molecular formula is C14H22Cl2N2O3. The molecule has 1 aromatic carbocycles. The van der Waals surface area contributed by atoms with Crippen LogP contribution in [0.3, 0.4) is 0 Å². The zero-order chi connectivity index (χ0) is 14.8. The highest BCUT2D eigenvalue weighted by Crippen LogP contribution is 2.16. The molecule has 0 saturated heterocycles. The normalized spacial score (nSPS) is 11.4. The van der Waals surface area contributed by atoms with Crippen LogP contribution in [0.4, 0.5) is 0 Å². The summed E-state index contributed by atoms with van der Waals surface area (Å²) in [5, 5.41) is 6.44. The predicted molar refractivity (Wildman–Crippen MR) is 86.5 cm³/mol. The number of carbonyl (C=O) groups is 1. The number of benzene rings is 1. The number of hydrogen-bond acceptors (Lipinski definition) is 4. The van der Waals surface area contributed by atoms with E-state index in [0.717, 1.165) is 5.75 Å². The van der Waals surface area contributed by atoms with Gasteiger partial charge < -0.3 is 20.1 Å². The maximum Gasteiger partial charge on any atom is 0.234 e. The van der Waals surface area contributed by atoms with E-state index in [1.165, 1.54) is 0 Å². The molecule has 0 saturated carbocycles. The molecule has 0 fully saturated rings. The molecule has 1 aromatic rings. The van der Waals surface area contributed by atoms with Gasteiger partial charge in [0.05, 0.1) is 19.7 Å². The van der Waals surface area contributed by atoms with E-state index >= 15 is 0 Å². The third-order valence-corrected chi connectivity index (χ3v) is 2.76. The van der Waals surface area contributed by atoms with Crippen LogP contribution in [0, 0.1) is 0 Å². The minimum atomic E-state index is -0.112. The Hall–Kier alpha value is -1.01. The number of carbonyl (C=O) groups excluding carboxylic acids is 1. The first-order valence-corrected chi connectivity index (χ1v) is 6.88. The van der Waals surface area contributed by atoms with Gasteiger partial charge in [-0.2, -0.15) is 0 Å². The first-order chi connectivity index (χ1) is 9.61. The summed E-state index contributed by atoms with van der Waals surface area (Å²) < 4.78 is 10.5. The van der Waals surface area contributed by atoms with Crippen LogP contribution in [0.2, 0.25) is 5.02 Å². The number of halogens is 2. The minimum Gasteiger partial charge on any atom is -0.489 e. The smallest absolute Gasteiger partial charge is 0.234 e. The van der Waals surface area contributed by atoms with Gasteiger partial charge in [0.25, 0.3) is 0 Å². The zero-order valence-electron chi connectivity index (χ0n) is 12.2. The van der Waals surface area contributed by atoms with Crippen LogP contribution in [-0.4, -0.2) is 45.4 Å². The lowest BCUT2D eigenvalue weighted by atomic mass is 10.3. The lowest BCUT2D eigenvalue weighted by Crippen LogP contribution is -2.39. The first-order valence-electron chi connectivity index (χ1n) is 6.50. The average molecular weight is 337 g/mol. The van der Waals surface area contributed by atoms with Crippen molar-refractivity contribution in [2.24, 2.45) is 0 Å². The van der Waals surface area contributed by atoms with Crippen LogP contribution in [0.15, 0.2) is 24.3 Å². The largest absolute Gasteiger partial charge is 0.489 e. The Morgan fingerprint density at radius 2 is 2.00 bits per heavy atom. The van der Waals surface area contributed by atoms with Gasteiger partial charge in [0.15, 0.2) is 0 Å². The van der Waals surface area contributed by atoms with Gasteiger partial charge in [0.2, 0.25) is 5.91 Å². The van der Waals surface area contributed by atoms with Crippen LogP contribution in [0.5, 0.6) is 5.75 Å². The van der Waals surface area contributed by atoms with E-state index in [9.17, 15) is 4.79 Å². The molecule has 0 aliphatic carbocycles. The lowest BCUT2D eigenvalue weighted by Gasteiger charge is -2.15. The van der Waals surface area contributed by atoms with Crippen LogP contribution in [0.1, 0.15) is 6.92 Å². The summed E-state index contributed by atoms with van der Waals surface area (Å²) in [5.74, 6) is 0.669. The molecule has 0 heterocycles. The Morgan fingerprint density at radius 1 is 1.33 bits per heavy atom. The number of amides is 1. The molecule has 1 amide bonds. The topological polar surface area (TPSA) is 59.6 Å². The molecule has 21 heavy (non-hydrogen) atoms. The van der Waals surface area contributed by atoms with Gasteiger partial charge in [-0.1, -0.05) is 11.6 Å². The highest BCUT2D eigenvalue weighted by molar-refractivity contribution is 6.30. The zero-order valence-corrected chi connectivity index (χ0v) is 13.8.